The van der Waals surface area contributed by atoms with Crippen LogP contribution in [0.4, 0.5) is 0 Å². The molecule has 0 saturated heterocycles. The SMILES string of the molecule is Cc1cc(Cl)cc2sc(-c3ccccc3)nc12. The van der Waals surface area contributed by atoms with Gasteiger partial charge in [0.05, 0.1) is 10.2 Å². The van der Waals surface area contributed by atoms with Gasteiger partial charge in [0.1, 0.15) is 5.01 Å². The molecule has 0 unspecified atom stereocenters. The molecule has 0 spiro atoms. The first kappa shape index (κ1) is 10.8. The van der Waals surface area contributed by atoms with Crippen LogP contribution in [0.15, 0.2) is 42.5 Å². The Morgan fingerprint density at radius 1 is 1.12 bits per heavy atom. The lowest BCUT2D eigenvalue weighted by Crippen LogP contribution is -1.77. The molecule has 3 rings (SSSR count). The summed E-state index contributed by atoms with van der Waals surface area (Å²) in [6.07, 6.45) is 0. The van der Waals surface area contributed by atoms with Gasteiger partial charge in [-0.25, -0.2) is 4.98 Å². The Hall–Kier alpha value is -1.38. The van der Waals surface area contributed by atoms with E-state index in [9.17, 15) is 0 Å². The third-order valence-electron chi connectivity index (χ3n) is 2.67. The van der Waals surface area contributed by atoms with E-state index in [2.05, 4.69) is 17.1 Å². The molecular weight excluding hydrogens is 250 g/mol. The van der Waals surface area contributed by atoms with Crippen molar-refractivity contribution >= 4 is 33.2 Å². The van der Waals surface area contributed by atoms with Gasteiger partial charge >= 0.3 is 0 Å². The highest BCUT2D eigenvalue weighted by atomic mass is 35.5. The lowest BCUT2D eigenvalue weighted by Gasteiger charge is -1.94. The second-order valence-electron chi connectivity index (χ2n) is 3.95. The smallest absolute Gasteiger partial charge is 0.124 e. The number of nitrogens with zero attached hydrogens (tertiary/aromatic N) is 1. The minimum Gasteiger partial charge on any atom is -0.236 e. The van der Waals surface area contributed by atoms with Crippen molar-refractivity contribution in [2.24, 2.45) is 0 Å². The van der Waals surface area contributed by atoms with E-state index >= 15 is 0 Å². The van der Waals surface area contributed by atoms with Crippen molar-refractivity contribution in [2.75, 3.05) is 0 Å². The van der Waals surface area contributed by atoms with Crippen LogP contribution in [0.25, 0.3) is 20.8 Å². The zero-order chi connectivity index (χ0) is 11.8. The molecule has 2 aromatic carbocycles. The third-order valence-corrected chi connectivity index (χ3v) is 3.94. The van der Waals surface area contributed by atoms with Gasteiger partial charge in [0.25, 0.3) is 0 Å². The molecule has 0 radical (unpaired) electrons. The van der Waals surface area contributed by atoms with Crippen molar-refractivity contribution in [3.63, 3.8) is 0 Å². The van der Waals surface area contributed by atoms with E-state index in [0.717, 1.165) is 31.4 Å². The Morgan fingerprint density at radius 3 is 2.65 bits per heavy atom. The van der Waals surface area contributed by atoms with Gasteiger partial charge in [0.2, 0.25) is 0 Å². The normalized spacial score (nSPS) is 10.9. The molecule has 0 atom stereocenters. The summed E-state index contributed by atoms with van der Waals surface area (Å²) in [5.74, 6) is 0. The maximum absolute atomic E-state index is 6.06. The highest BCUT2D eigenvalue weighted by Crippen LogP contribution is 2.33. The van der Waals surface area contributed by atoms with Crippen LogP contribution in [0.1, 0.15) is 5.56 Å². The molecular formula is C14H10ClNS. The van der Waals surface area contributed by atoms with E-state index in [4.69, 9.17) is 11.6 Å². The summed E-state index contributed by atoms with van der Waals surface area (Å²) in [5, 5.41) is 1.82. The van der Waals surface area contributed by atoms with Crippen molar-refractivity contribution in [1.29, 1.82) is 0 Å². The highest BCUT2D eigenvalue weighted by molar-refractivity contribution is 7.21. The Morgan fingerprint density at radius 2 is 1.88 bits per heavy atom. The molecule has 84 valence electrons. The molecule has 1 aromatic heterocycles. The number of hydrogen-bond donors (Lipinski definition) is 0. The molecule has 0 bridgehead atoms. The van der Waals surface area contributed by atoms with Crippen molar-refractivity contribution in [2.45, 2.75) is 6.92 Å². The summed E-state index contributed by atoms with van der Waals surface area (Å²) >= 11 is 7.74. The van der Waals surface area contributed by atoms with Crippen molar-refractivity contribution < 1.29 is 0 Å². The van der Waals surface area contributed by atoms with Gasteiger partial charge in [-0.15, -0.1) is 11.3 Å². The fourth-order valence-electron chi connectivity index (χ4n) is 1.86. The quantitative estimate of drug-likeness (QED) is 0.604. The molecule has 0 saturated carbocycles. The number of aromatic nitrogens is 1. The van der Waals surface area contributed by atoms with Crippen LogP contribution in [-0.4, -0.2) is 4.98 Å². The molecule has 3 heteroatoms. The van der Waals surface area contributed by atoms with Crippen molar-refractivity contribution in [3.8, 4) is 10.6 Å². The van der Waals surface area contributed by atoms with Crippen LogP contribution in [0.3, 0.4) is 0 Å². The standard InChI is InChI=1S/C14H10ClNS/c1-9-7-11(15)8-12-13(9)16-14(17-12)10-5-3-2-4-6-10/h2-8H,1H3. The molecule has 1 nitrogen and oxygen atoms in total. The minimum atomic E-state index is 0.776. The van der Waals surface area contributed by atoms with Gasteiger partial charge in [-0.2, -0.15) is 0 Å². The van der Waals surface area contributed by atoms with Gasteiger partial charge in [-0.1, -0.05) is 41.9 Å². The van der Waals surface area contributed by atoms with Crippen LogP contribution >= 0.6 is 22.9 Å². The zero-order valence-corrected chi connectivity index (χ0v) is 10.8. The first-order valence-corrected chi connectivity index (χ1v) is 6.55. The summed E-state index contributed by atoms with van der Waals surface area (Å²) in [6, 6.07) is 14.2. The van der Waals surface area contributed by atoms with Crippen LogP contribution < -0.4 is 0 Å². The first-order chi connectivity index (χ1) is 8.24. The molecule has 0 aliphatic rings. The predicted molar refractivity (Wildman–Crippen MR) is 74.8 cm³/mol. The lowest BCUT2D eigenvalue weighted by atomic mass is 10.2. The monoisotopic (exact) mass is 259 g/mol. The van der Waals surface area contributed by atoms with E-state index in [0.29, 0.717) is 0 Å². The summed E-state index contributed by atoms with van der Waals surface area (Å²) in [7, 11) is 0. The molecule has 0 aliphatic carbocycles. The van der Waals surface area contributed by atoms with E-state index in [-0.39, 0.29) is 0 Å². The summed E-state index contributed by atoms with van der Waals surface area (Å²) in [6.45, 7) is 2.04. The maximum atomic E-state index is 6.06. The Balaban J connectivity index is 2.24. The predicted octanol–water partition coefficient (Wildman–Crippen LogP) is 4.93. The van der Waals surface area contributed by atoms with Gasteiger partial charge in [-0.3, -0.25) is 0 Å². The summed E-state index contributed by atoms with van der Waals surface area (Å²) in [4.78, 5) is 4.68. The number of aryl methyl sites for hydroxylation is 1. The molecule has 1 heterocycles. The van der Waals surface area contributed by atoms with Gasteiger partial charge in [0, 0.05) is 10.6 Å². The molecule has 0 fully saturated rings. The van der Waals surface area contributed by atoms with Crippen molar-refractivity contribution in [3.05, 3.63) is 53.1 Å². The number of benzene rings is 2. The molecule has 17 heavy (non-hydrogen) atoms. The van der Waals surface area contributed by atoms with Crippen LogP contribution in [0.2, 0.25) is 5.02 Å². The Kier molecular flexibility index (Phi) is 2.61. The fraction of sp³-hybridized carbons (Fsp3) is 0.0714. The number of rotatable bonds is 1. The van der Waals surface area contributed by atoms with E-state index in [1.807, 2.05) is 37.3 Å². The van der Waals surface area contributed by atoms with Crippen LogP contribution in [0, 0.1) is 6.92 Å². The topological polar surface area (TPSA) is 12.9 Å². The highest BCUT2D eigenvalue weighted by Gasteiger charge is 2.08. The van der Waals surface area contributed by atoms with Gasteiger partial charge in [-0.05, 0) is 24.6 Å². The Labute approximate surface area is 109 Å². The van der Waals surface area contributed by atoms with E-state index in [1.54, 1.807) is 11.3 Å². The van der Waals surface area contributed by atoms with Crippen LogP contribution in [0.5, 0.6) is 0 Å². The number of halogens is 1. The number of hydrogen-bond acceptors (Lipinski definition) is 2. The number of fused-ring (bicyclic) bond motifs is 1. The van der Waals surface area contributed by atoms with Crippen LogP contribution in [-0.2, 0) is 0 Å². The second kappa shape index (κ2) is 4.13. The Bertz CT molecular complexity index is 673. The fourth-order valence-corrected chi connectivity index (χ4v) is 3.28. The van der Waals surface area contributed by atoms with E-state index < -0.39 is 0 Å². The van der Waals surface area contributed by atoms with Gasteiger partial charge < -0.3 is 0 Å². The average Bonchev–Trinajstić information content (AvgIpc) is 2.74. The summed E-state index contributed by atoms with van der Waals surface area (Å²) < 4.78 is 1.15. The molecule has 0 aliphatic heterocycles. The molecule has 0 N–H and O–H groups in total. The number of thiazole rings is 1. The maximum Gasteiger partial charge on any atom is 0.124 e. The summed E-state index contributed by atoms with van der Waals surface area (Å²) in [5.41, 5.74) is 3.34. The average molecular weight is 260 g/mol. The first-order valence-electron chi connectivity index (χ1n) is 5.36. The minimum absolute atomic E-state index is 0.776. The largest absolute Gasteiger partial charge is 0.236 e. The molecule has 3 aromatic rings. The molecule has 0 amide bonds. The lowest BCUT2D eigenvalue weighted by molar-refractivity contribution is 1.42. The van der Waals surface area contributed by atoms with Gasteiger partial charge in [0.15, 0.2) is 0 Å². The van der Waals surface area contributed by atoms with E-state index in [1.165, 1.54) is 0 Å². The second-order valence-corrected chi connectivity index (χ2v) is 5.42. The van der Waals surface area contributed by atoms with Crippen molar-refractivity contribution in [1.82, 2.24) is 4.98 Å². The third kappa shape index (κ3) is 1.94. The zero-order valence-electron chi connectivity index (χ0n) is 9.27.